The molecule has 96 valence electrons. The van der Waals surface area contributed by atoms with Crippen molar-refractivity contribution in [2.45, 2.75) is 26.9 Å². The van der Waals surface area contributed by atoms with E-state index in [-0.39, 0.29) is 5.41 Å². The molecule has 1 aromatic carbocycles. The Morgan fingerprint density at radius 3 is 2.29 bits per heavy atom. The van der Waals surface area contributed by atoms with Crippen LogP contribution in [0.15, 0.2) is 24.3 Å². The van der Waals surface area contributed by atoms with Crippen LogP contribution >= 0.6 is 0 Å². The third kappa shape index (κ3) is 5.20. The summed E-state index contributed by atoms with van der Waals surface area (Å²) in [6.07, 6.45) is -0.469. The largest absolute Gasteiger partial charge is 0.497 e. The molecule has 3 heteroatoms. The smallest absolute Gasteiger partial charge is 0.118 e. The molecule has 0 unspecified atom stereocenters. The van der Waals surface area contributed by atoms with Crippen LogP contribution in [0.3, 0.4) is 0 Å². The molecule has 0 saturated carbocycles. The maximum Gasteiger partial charge on any atom is 0.118 e. The number of rotatable bonds is 5. The van der Waals surface area contributed by atoms with Gasteiger partial charge in [0.15, 0.2) is 0 Å². The van der Waals surface area contributed by atoms with E-state index in [1.165, 1.54) is 0 Å². The van der Waals surface area contributed by atoms with E-state index in [9.17, 15) is 5.11 Å². The minimum absolute atomic E-state index is 0.236. The Kier molecular flexibility index (Phi) is 4.97. The van der Waals surface area contributed by atoms with Gasteiger partial charge in [-0.05, 0) is 23.1 Å². The molecule has 0 heterocycles. The highest BCUT2D eigenvalue weighted by molar-refractivity contribution is 5.28. The standard InChI is InChI=1S/C14H23NO2/c1-14(2,3)10-15-9-13(16)11-5-7-12(17-4)8-6-11/h5-8,13,15-16H,9-10H2,1-4H3/t13-/m0/s1. The summed E-state index contributed by atoms with van der Waals surface area (Å²) in [5, 5.41) is 13.2. The average molecular weight is 237 g/mol. The lowest BCUT2D eigenvalue weighted by molar-refractivity contribution is 0.169. The Balaban J connectivity index is 2.43. The first kappa shape index (κ1) is 14.0. The normalized spacial score (nSPS) is 13.5. The molecular weight excluding hydrogens is 214 g/mol. The van der Waals surface area contributed by atoms with Gasteiger partial charge in [0.25, 0.3) is 0 Å². The molecule has 0 radical (unpaired) electrons. The molecule has 0 aromatic heterocycles. The maximum absolute atomic E-state index is 9.98. The van der Waals surface area contributed by atoms with Crippen LogP contribution in [0.1, 0.15) is 32.4 Å². The Morgan fingerprint density at radius 2 is 1.82 bits per heavy atom. The summed E-state index contributed by atoms with van der Waals surface area (Å²) in [4.78, 5) is 0. The van der Waals surface area contributed by atoms with E-state index in [0.29, 0.717) is 6.54 Å². The lowest BCUT2D eigenvalue weighted by atomic mass is 9.97. The average Bonchev–Trinajstić information content (AvgIpc) is 2.27. The van der Waals surface area contributed by atoms with Crippen molar-refractivity contribution in [3.05, 3.63) is 29.8 Å². The van der Waals surface area contributed by atoms with E-state index in [1.807, 2.05) is 24.3 Å². The van der Waals surface area contributed by atoms with E-state index < -0.39 is 6.10 Å². The van der Waals surface area contributed by atoms with E-state index in [2.05, 4.69) is 26.1 Å². The van der Waals surface area contributed by atoms with Crippen LogP contribution < -0.4 is 10.1 Å². The fourth-order valence-corrected chi connectivity index (χ4v) is 1.53. The van der Waals surface area contributed by atoms with E-state index in [0.717, 1.165) is 17.9 Å². The van der Waals surface area contributed by atoms with Gasteiger partial charge in [-0.2, -0.15) is 0 Å². The fourth-order valence-electron chi connectivity index (χ4n) is 1.53. The SMILES string of the molecule is COc1ccc([C@@H](O)CNCC(C)(C)C)cc1. The third-order valence-corrected chi connectivity index (χ3v) is 2.49. The topological polar surface area (TPSA) is 41.5 Å². The molecule has 0 fully saturated rings. The van der Waals surface area contributed by atoms with E-state index >= 15 is 0 Å². The van der Waals surface area contributed by atoms with Gasteiger partial charge < -0.3 is 15.2 Å². The summed E-state index contributed by atoms with van der Waals surface area (Å²) in [6.45, 7) is 7.96. The van der Waals surface area contributed by atoms with Crippen molar-refractivity contribution in [2.75, 3.05) is 20.2 Å². The lowest BCUT2D eigenvalue weighted by Gasteiger charge is -2.20. The molecule has 0 bridgehead atoms. The van der Waals surface area contributed by atoms with Crippen LogP contribution in [0.5, 0.6) is 5.75 Å². The first-order chi connectivity index (χ1) is 7.92. The Morgan fingerprint density at radius 1 is 1.24 bits per heavy atom. The van der Waals surface area contributed by atoms with Crippen molar-refractivity contribution in [1.29, 1.82) is 0 Å². The van der Waals surface area contributed by atoms with Crippen molar-refractivity contribution >= 4 is 0 Å². The van der Waals surface area contributed by atoms with E-state index in [1.54, 1.807) is 7.11 Å². The summed E-state index contributed by atoms with van der Waals surface area (Å²) in [5.41, 5.74) is 1.15. The molecule has 1 atom stereocenters. The van der Waals surface area contributed by atoms with Crippen LogP contribution in [0.2, 0.25) is 0 Å². The van der Waals surface area contributed by atoms with Crippen LogP contribution in [-0.2, 0) is 0 Å². The van der Waals surface area contributed by atoms with Crippen LogP contribution in [0.4, 0.5) is 0 Å². The first-order valence-corrected chi connectivity index (χ1v) is 5.95. The summed E-state index contributed by atoms with van der Waals surface area (Å²) < 4.78 is 5.08. The first-order valence-electron chi connectivity index (χ1n) is 5.95. The number of hydrogen-bond acceptors (Lipinski definition) is 3. The van der Waals surface area contributed by atoms with Crippen molar-refractivity contribution in [1.82, 2.24) is 5.32 Å². The Bertz CT molecular complexity index is 327. The molecule has 1 rings (SSSR count). The van der Waals surface area contributed by atoms with Crippen LogP contribution in [0, 0.1) is 5.41 Å². The predicted octanol–water partition coefficient (Wildman–Crippen LogP) is 2.36. The van der Waals surface area contributed by atoms with Crippen LogP contribution in [0.25, 0.3) is 0 Å². The van der Waals surface area contributed by atoms with Crippen LogP contribution in [-0.4, -0.2) is 25.3 Å². The molecule has 0 aliphatic carbocycles. The third-order valence-electron chi connectivity index (χ3n) is 2.49. The minimum atomic E-state index is -0.469. The number of nitrogens with one attached hydrogen (secondary N) is 1. The zero-order valence-corrected chi connectivity index (χ0v) is 11.2. The summed E-state index contributed by atoms with van der Waals surface area (Å²) in [6, 6.07) is 7.51. The molecule has 2 N–H and O–H groups in total. The van der Waals surface area contributed by atoms with Crippen molar-refractivity contribution in [2.24, 2.45) is 5.41 Å². The number of aliphatic hydroxyl groups excluding tert-OH is 1. The van der Waals surface area contributed by atoms with Gasteiger partial charge in [0.1, 0.15) is 5.75 Å². The molecule has 0 aliphatic rings. The Hall–Kier alpha value is -1.06. The van der Waals surface area contributed by atoms with E-state index in [4.69, 9.17) is 4.74 Å². The molecular formula is C14H23NO2. The maximum atomic E-state index is 9.98. The number of ether oxygens (including phenoxy) is 1. The van der Waals surface area contributed by atoms with Gasteiger partial charge in [-0.15, -0.1) is 0 Å². The van der Waals surface area contributed by atoms with Gasteiger partial charge in [0.05, 0.1) is 13.2 Å². The number of aliphatic hydroxyl groups is 1. The van der Waals surface area contributed by atoms with Crippen molar-refractivity contribution in [3.63, 3.8) is 0 Å². The lowest BCUT2D eigenvalue weighted by Crippen LogP contribution is -2.30. The molecule has 0 aliphatic heterocycles. The molecule has 0 amide bonds. The second-order valence-electron chi connectivity index (χ2n) is 5.48. The van der Waals surface area contributed by atoms with Gasteiger partial charge in [-0.25, -0.2) is 0 Å². The number of methoxy groups -OCH3 is 1. The zero-order chi connectivity index (χ0) is 12.9. The number of benzene rings is 1. The highest BCUT2D eigenvalue weighted by Crippen LogP contribution is 2.17. The molecule has 17 heavy (non-hydrogen) atoms. The highest BCUT2D eigenvalue weighted by Gasteiger charge is 2.12. The van der Waals surface area contributed by atoms with Gasteiger partial charge >= 0.3 is 0 Å². The molecule has 3 nitrogen and oxygen atoms in total. The van der Waals surface area contributed by atoms with Gasteiger partial charge in [-0.3, -0.25) is 0 Å². The molecule has 0 saturated heterocycles. The fraction of sp³-hybridized carbons (Fsp3) is 0.571. The summed E-state index contributed by atoms with van der Waals surface area (Å²) in [7, 11) is 1.64. The zero-order valence-electron chi connectivity index (χ0n) is 11.2. The van der Waals surface area contributed by atoms with Crippen molar-refractivity contribution < 1.29 is 9.84 Å². The van der Waals surface area contributed by atoms with Gasteiger partial charge in [-0.1, -0.05) is 32.9 Å². The highest BCUT2D eigenvalue weighted by atomic mass is 16.5. The summed E-state index contributed by atoms with van der Waals surface area (Å²) >= 11 is 0. The van der Waals surface area contributed by atoms with Gasteiger partial charge in [0.2, 0.25) is 0 Å². The monoisotopic (exact) mass is 237 g/mol. The van der Waals surface area contributed by atoms with Crippen molar-refractivity contribution in [3.8, 4) is 5.75 Å². The number of hydrogen-bond donors (Lipinski definition) is 2. The predicted molar refractivity (Wildman–Crippen MR) is 70.3 cm³/mol. The molecule has 0 spiro atoms. The summed E-state index contributed by atoms with van der Waals surface area (Å²) in [5.74, 6) is 0.809. The quantitative estimate of drug-likeness (QED) is 0.826. The Labute approximate surface area is 104 Å². The second kappa shape index (κ2) is 6.03. The van der Waals surface area contributed by atoms with Gasteiger partial charge in [0, 0.05) is 13.1 Å². The molecule has 1 aromatic rings. The minimum Gasteiger partial charge on any atom is -0.497 e. The second-order valence-corrected chi connectivity index (χ2v) is 5.48.